The highest BCUT2D eigenvalue weighted by Gasteiger charge is 2.32. The molecule has 9 heteroatoms. The number of aliphatic hydroxyl groups is 1. The van der Waals surface area contributed by atoms with E-state index in [0.717, 1.165) is 11.0 Å². The average molecular weight is 340 g/mol. The molecule has 23 heavy (non-hydrogen) atoms. The van der Waals surface area contributed by atoms with Gasteiger partial charge in [0.1, 0.15) is 10.6 Å². The number of nitrogens with one attached hydrogen (secondary N) is 1. The van der Waals surface area contributed by atoms with E-state index in [2.05, 4.69) is 5.32 Å². The summed E-state index contributed by atoms with van der Waals surface area (Å²) in [5, 5.41) is 11.5. The number of carbonyl (C=O) groups is 2. The highest BCUT2D eigenvalue weighted by atomic mass is 32.2. The zero-order valence-corrected chi connectivity index (χ0v) is 13.3. The van der Waals surface area contributed by atoms with Gasteiger partial charge in [-0.05, 0) is 31.0 Å². The third-order valence-corrected chi connectivity index (χ3v) is 4.19. The summed E-state index contributed by atoms with van der Waals surface area (Å²) >= 11 is 0. The Morgan fingerprint density at radius 2 is 1.87 bits per heavy atom. The molecule has 1 heterocycles. The van der Waals surface area contributed by atoms with Crippen LogP contribution in [0.1, 0.15) is 11.1 Å². The Balaban J connectivity index is 2.44. The number of hydrogen-bond donors (Lipinski definition) is 3. The first-order chi connectivity index (χ1) is 10.6. The molecular weight excluding hydrogens is 324 g/mol. The molecule has 124 valence electrons. The second kappa shape index (κ2) is 6.11. The van der Waals surface area contributed by atoms with E-state index in [1.54, 1.807) is 19.9 Å². The minimum atomic E-state index is -4.51. The van der Waals surface area contributed by atoms with E-state index < -0.39 is 21.9 Å². The fourth-order valence-electron chi connectivity index (χ4n) is 2.34. The Morgan fingerprint density at radius 1 is 1.22 bits per heavy atom. The number of amides is 2. The van der Waals surface area contributed by atoms with Gasteiger partial charge >= 0.3 is 0 Å². The van der Waals surface area contributed by atoms with E-state index in [9.17, 15) is 22.6 Å². The highest BCUT2D eigenvalue weighted by Crippen LogP contribution is 2.29. The number of aliphatic hydroxyl groups excluding tert-OH is 1. The zero-order valence-electron chi connectivity index (χ0n) is 12.5. The molecule has 0 radical (unpaired) electrons. The number of rotatable bonds is 5. The van der Waals surface area contributed by atoms with Crippen molar-refractivity contribution in [3.63, 3.8) is 0 Å². The van der Waals surface area contributed by atoms with Gasteiger partial charge in [0.05, 0.1) is 18.8 Å². The molecule has 0 unspecified atom stereocenters. The summed E-state index contributed by atoms with van der Waals surface area (Å²) in [5.41, 5.74) is 1.00. The Morgan fingerprint density at radius 3 is 2.43 bits per heavy atom. The van der Waals surface area contributed by atoms with Crippen molar-refractivity contribution in [3.05, 3.63) is 35.0 Å². The number of β-amino-alcohol motifs (C(OH)–C–C–N with tert-alkyl or cyclic N) is 1. The average Bonchev–Trinajstić information content (AvgIpc) is 2.68. The van der Waals surface area contributed by atoms with Crippen molar-refractivity contribution in [2.45, 2.75) is 18.7 Å². The van der Waals surface area contributed by atoms with E-state index >= 15 is 0 Å². The van der Waals surface area contributed by atoms with Gasteiger partial charge in [-0.15, -0.1) is 0 Å². The van der Waals surface area contributed by atoms with Crippen LogP contribution in [0.5, 0.6) is 0 Å². The zero-order chi connectivity index (χ0) is 17.4. The van der Waals surface area contributed by atoms with Crippen LogP contribution < -0.4 is 5.32 Å². The molecule has 0 saturated heterocycles. The van der Waals surface area contributed by atoms with Crippen LogP contribution in [-0.2, 0) is 19.7 Å². The third kappa shape index (κ3) is 3.41. The van der Waals surface area contributed by atoms with Gasteiger partial charge in [-0.1, -0.05) is 6.07 Å². The molecule has 0 aliphatic carbocycles. The molecule has 2 amide bonds. The van der Waals surface area contributed by atoms with Crippen molar-refractivity contribution in [1.82, 2.24) is 4.90 Å². The second-order valence-electron chi connectivity index (χ2n) is 5.13. The molecule has 0 saturated carbocycles. The first kappa shape index (κ1) is 17.1. The van der Waals surface area contributed by atoms with Gasteiger partial charge in [-0.25, -0.2) is 0 Å². The van der Waals surface area contributed by atoms with Gasteiger partial charge in [0.2, 0.25) is 0 Å². The van der Waals surface area contributed by atoms with E-state index in [1.165, 1.54) is 6.07 Å². The second-order valence-corrected chi connectivity index (χ2v) is 6.52. The maximum absolute atomic E-state index is 12.1. The van der Waals surface area contributed by atoms with Crippen LogP contribution in [0, 0.1) is 13.8 Å². The van der Waals surface area contributed by atoms with Crippen LogP contribution in [0.2, 0.25) is 0 Å². The van der Waals surface area contributed by atoms with Gasteiger partial charge in [0.15, 0.2) is 0 Å². The molecule has 2 rings (SSSR count). The van der Waals surface area contributed by atoms with Crippen LogP contribution in [0.4, 0.5) is 5.69 Å². The molecule has 0 bridgehead atoms. The largest absolute Gasteiger partial charge is 0.395 e. The van der Waals surface area contributed by atoms with Gasteiger partial charge in [0, 0.05) is 6.08 Å². The molecule has 0 fully saturated rings. The fourth-order valence-corrected chi connectivity index (χ4v) is 3.14. The Hall–Kier alpha value is -2.23. The minimum Gasteiger partial charge on any atom is -0.395 e. The van der Waals surface area contributed by atoms with Crippen LogP contribution in [0.3, 0.4) is 0 Å². The summed E-state index contributed by atoms with van der Waals surface area (Å²) < 4.78 is 32.5. The Kier molecular flexibility index (Phi) is 4.55. The van der Waals surface area contributed by atoms with Crippen molar-refractivity contribution in [3.8, 4) is 0 Å². The molecule has 3 N–H and O–H groups in total. The number of aryl methyl sites for hydroxylation is 2. The van der Waals surface area contributed by atoms with Crippen molar-refractivity contribution < 1.29 is 27.7 Å². The van der Waals surface area contributed by atoms with Gasteiger partial charge in [-0.3, -0.25) is 19.0 Å². The van der Waals surface area contributed by atoms with E-state index in [4.69, 9.17) is 5.11 Å². The van der Waals surface area contributed by atoms with Crippen molar-refractivity contribution >= 4 is 27.6 Å². The minimum absolute atomic E-state index is 0.0244. The normalized spacial score (nSPS) is 15.1. The molecule has 1 aromatic rings. The predicted molar refractivity (Wildman–Crippen MR) is 81.2 cm³/mol. The van der Waals surface area contributed by atoms with Crippen molar-refractivity contribution in [1.29, 1.82) is 0 Å². The maximum Gasteiger partial charge on any atom is 0.296 e. The lowest BCUT2D eigenvalue weighted by atomic mass is 10.1. The lowest BCUT2D eigenvalue weighted by Crippen LogP contribution is -2.34. The molecule has 8 nitrogen and oxygen atoms in total. The predicted octanol–water partition coefficient (Wildman–Crippen LogP) is 0.207. The molecule has 0 aromatic heterocycles. The van der Waals surface area contributed by atoms with E-state index in [1.807, 2.05) is 0 Å². The molecule has 1 aliphatic heterocycles. The molecular formula is C14H16N2O6S. The van der Waals surface area contributed by atoms with Crippen LogP contribution in [-0.4, -0.2) is 47.9 Å². The first-order valence-corrected chi connectivity index (χ1v) is 8.13. The fraction of sp³-hybridized carbons (Fsp3) is 0.286. The van der Waals surface area contributed by atoms with Crippen molar-refractivity contribution in [2.24, 2.45) is 0 Å². The molecule has 1 aromatic carbocycles. The number of nitrogens with zero attached hydrogens (tertiary/aromatic N) is 1. The molecule has 0 atom stereocenters. The lowest BCUT2D eigenvalue weighted by molar-refractivity contribution is -0.137. The smallest absolute Gasteiger partial charge is 0.296 e. The SMILES string of the molecule is Cc1cc(C)c(NC2=CC(=O)N(CCO)C2=O)c(S(=O)(=O)O)c1. The van der Waals surface area contributed by atoms with Gasteiger partial charge in [-0.2, -0.15) is 8.42 Å². The van der Waals surface area contributed by atoms with Crippen LogP contribution in [0.15, 0.2) is 28.8 Å². The number of imide groups is 1. The Bertz CT molecular complexity index is 813. The highest BCUT2D eigenvalue weighted by molar-refractivity contribution is 7.86. The van der Waals surface area contributed by atoms with Crippen LogP contribution in [0.25, 0.3) is 0 Å². The number of anilines is 1. The lowest BCUT2D eigenvalue weighted by Gasteiger charge is -2.16. The maximum atomic E-state index is 12.1. The summed E-state index contributed by atoms with van der Waals surface area (Å²) in [7, 11) is -4.51. The number of carbonyl (C=O) groups excluding carboxylic acids is 2. The third-order valence-electron chi connectivity index (χ3n) is 3.31. The summed E-state index contributed by atoms with van der Waals surface area (Å²) in [6.45, 7) is 2.74. The van der Waals surface area contributed by atoms with E-state index in [0.29, 0.717) is 11.1 Å². The topological polar surface area (TPSA) is 124 Å². The monoisotopic (exact) mass is 340 g/mol. The molecule has 0 spiro atoms. The Labute approximate surface area is 133 Å². The van der Waals surface area contributed by atoms with E-state index in [-0.39, 0.29) is 29.4 Å². The summed E-state index contributed by atoms with van der Waals surface area (Å²) in [6.07, 6.45) is 1.02. The van der Waals surface area contributed by atoms with Crippen LogP contribution >= 0.6 is 0 Å². The summed E-state index contributed by atoms with van der Waals surface area (Å²) in [5.74, 6) is -1.28. The standard InChI is InChI=1S/C14H16N2O6S/c1-8-5-9(2)13(11(6-8)23(20,21)22)15-10-7-12(18)16(3-4-17)14(10)19/h5-7,15,17H,3-4H2,1-2H3,(H,20,21,22). The quantitative estimate of drug-likeness (QED) is 0.517. The summed E-state index contributed by atoms with van der Waals surface area (Å²) in [6, 6.07) is 2.93. The first-order valence-electron chi connectivity index (χ1n) is 6.69. The van der Waals surface area contributed by atoms with Gasteiger partial charge in [0.25, 0.3) is 21.9 Å². The molecule has 1 aliphatic rings. The summed E-state index contributed by atoms with van der Waals surface area (Å²) in [4.78, 5) is 24.3. The number of benzene rings is 1. The van der Waals surface area contributed by atoms with Crippen molar-refractivity contribution in [2.75, 3.05) is 18.5 Å². The van der Waals surface area contributed by atoms with Gasteiger partial charge < -0.3 is 10.4 Å². The number of hydrogen-bond acceptors (Lipinski definition) is 6.